The predicted octanol–water partition coefficient (Wildman–Crippen LogP) is 3.54. The fourth-order valence-corrected chi connectivity index (χ4v) is 2.55. The Labute approximate surface area is 163 Å². The zero-order valence-corrected chi connectivity index (χ0v) is 15.7. The molecule has 0 saturated heterocycles. The normalized spacial score (nSPS) is 10.5. The van der Waals surface area contributed by atoms with Crippen LogP contribution in [0.25, 0.3) is 0 Å². The highest BCUT2D eigenvalue weighted by molar-refractivity contribution is 6.04. The second kappa shape index (κ2) is 9.45. The van der Waals surface area contributed by atoms with Crippen LogP contribution < -0.4 is 5.32 Å². The molecule has 0 aliphatic carbocycles. The van der Waals surface area contributed by atoms with Crippen molar-refractivity contribution in [2.24, 2.45) is 0 Å². The van der Waals surface area contributed by atoms with Crippen LogP contribution in [0.15, 0.2) is 61.2 Å². The molecule has 0 unspecified atom stereocenters. The highest BCUT2D eigenvalue weighted by atomic mass is 16.5. The Bertz CT molecular complexity index is 904. The van der Waals surface area contributed by atoms with Gasteiger partial charge in [0.1, 0.15) is 12.7 Å². The van der Waals surface area contributed by atoms with Crippen molar-refractivity contribution in [3.05, 3.63) is 77.9 Å². The third-order valence-electron chi connectivity index (χ3n) is 4.14. The molecule has 3 rings (SSSR count). The average Bonchev–Trinajstić information content (AvgIpc) is 3.22. The Hall–Kier alpha value is -3.48. The van der Waals surface area contributed by atoms with Crippen LogP contribution in [0.1, 0.15) is 46.0 Å². The lowest BCUT2D eigenvalue weighted by atomic mass is 10.1. The van der Waals surface area contributed by atoms with Crippen LogP contribution in [0, 0.1) is 0 Å². The van der Waals surface area contributed by atoms with E-state index in [-0.39, 0.29) is 11.9 Å². The molecule has 0 aliphatic rings. The fourth-order valence-electron chi connectivity index (χ4n) is 2.55. The number of hydrogen-bond acceptors (Lipinski definition) is 5. The standard InChI is InChI=1S/C21H22N4O3/c1-2-3-12-28-21(27)18-8-10-19(11-9-18)24-20(26)17-6-4-16(5-7-17)13-25-15-22-14-23-25/h4-11,14-15H,2-3,12-13H2,1H3,(H,24,26). The minimum atomic E-state index is -0.353. The van der Waals surface area contributed by atoms with Gasteiger partial charge in [0.2, 0.25) is 0 Å². The molecule has 7 nitrogen and oxygen atoms in total. The molecule has 28 heavy (non-hydrogen) atoms. The van der Waals surface area contributed by atoms with Crippen molar-refractivity contribution >= 4 is 17.6 Å². The lowest BCUT2D eigenvalue weighted by Crippen LogP contribution is -2.12. The van der Waals surface area contributed by atoms with Crippen molar-refractivity contribution in [1.29, 1.82) is 0 Å². The van der Waals surface area contributed by atoms with Gasteiger partial charge in [0.15, 0.2) is 0 Å². The van der Waals surface area contributed by atoms with E-state index in [2.05, 4.69) is 15.4 Å². The summed E-state index contributed by atoms with van der Waals surface area (Å²) in [6.07, 6.45) is 4.94. The summed E-state index contributed by atoms with van der Waals surface area (Å²) in [6.45, 7) is 3.05. The van der Waals surface area contributed by atoms with Crippen molar-refractivity contribution < 1.29 is 14.3 Å². The van der Waals surface area contributed by atoms with Crippen molar-refractivity contribution in [3.63, 3.8) is 0 Å². The van der Waals surface area contributed by atoms with Crippen LogP contribution in [0.5, 0.6) is 0 Å². The largest absolute Gasteiger partial charge is 0.462 e. The average molecular weight is 378 g/mol. The number of unbranched alkanes of at least 4 members (excludes halogenated alkanes) is 1. The Kier molecular flexibility index (Phi) is 6.51. The van der Waals surface area contributed by atoms with E-state index in [1.165, 1.54) is 6.33 Å². The Morgan fingerprint density at radius 3 is 2.39 bits per heavy atom. The van der Waals surface area contributed by atoms with Crippen LogP contribution >= 0.6 is 0 Å². The van der Waals surface area contributed by atoms with Gasteiger partial charge in [-0.25, -0.2) is 14.5 Å². The molecular weight excluding hydrogens is 356 g/mol. The third-order valence-corrected chi connectivity index (χ3v) is 4.14. The highest BCUT2D eigenvalue weighted by Gasteiger charge is 2.09. The molecule has 0 fully saturated rings. The lowest BCUT2D eigenvalue weighted by Gasteiger charge is -2.08. The molecule has 0 radical (unpaired) electrons. The monoisotopic (exact) mass is 378 g/mol. The van der Waals surface area contributed by atoms with Crippen molar-refractivity contribution in [2.45, 2.75) is 26.3 Å². The Balaban J connectivity index is 1.56. The van der Waals surface area contributed by atoms with Gasteiger partial charge in [-0.3, -0.25) is 4.79 Å². The first kappa shape index (κ1) is 19.3. The van der Waals surface area contributed by atoms with Gasteiger partial charge < -0.3 is 10.1 Å². The fraction of sp³-hybridized carbons (Fsp3) is 0.238. The van der Waals surface area contributed by atoms with E-state index in [1.807, 2.05) is 19.1 Å². The Morgan fingerprint density at radius 2 is 1.75 bits per heavy atom. The molecular formula is C21H22N4O3. The van der Waals surface area contributed by atoms with Crippen molar-refractivity contribution in [3.8, 4) is 0 Å². The quantitative estimate of drug-likeness (QED) is 0.479. The molecule has 0 bridgehead atoms. The smallest absolute Gasteiger partial charge is 0.338 e. The second-order valence-corrected chi connectivity index (χ2v) is 6.31. The number of amides is 1. The summed E-state index contributed by atoms with van der Waals surface area (Å²) in [7, 11) is 0. The van der Waals surface area contributed by atoms with Gasteiger partial charge in [0, 0.05) is 11.3 Å². The van der Waals surface area contributed by atoms with Gasteiger partial charge in [-0.15, -0.1) is 0 Å². The van der Waals surface area contributed by atoms with Crippen LogP contribution in [0.4, 0.5) is 5.69 Å². The van der Waals surface area contributed by atoms with Crippen molar-refractivity contribution in [2.75, 3.05) is 11.9 Å². The van der Waals surface area contributed by atoms with E-state index in [0.717, 1.165) is 18.4 Å². The van der Waals surface area contributed by atoms with Crippen LogP contribution in [-0.2, 0) is 11.3 Å². The minimum absolute atomic E-state index is 0.217. The van der Waals surface area contributed by atoms with E-state index in [4.69, 9.17) is 4.74 Å². The summed E-state index contributed by atoms with van der Waals surface area (Å²) in [5.41, 5.74) is 2.65. The van der Waals surface area contributed by atoms with Crippen LogP contribution in [0.2, 0.25) is 0 Å². The maximum atomic E-state index is 12.4. The molecule has 1 N–H and O–H groups in total. The number of ether oxygens (including phenoxy) is 1. The SMILES string of the molecule is CCCCOC(=O)c1ccc(NC(=O)c2ccc(Cn3cncn3)cc2)cc1. The number of anilines is 1. The number of benzene rings is 2. The van der Waals surface area contributed by atoms with Gasteiger partial charge >= 0.3 is 5.97 Å². The summed E-state index contributed by atoms with van der Waals surface area (Å²) in [5.74, 6) is -0.570. The summed E-state index contributed by atoms with van der Waals surface area (Å²) < 4.78 is 6.88. The van der Waals surface area contributed by atoms with Crippen LogP contribution in [0.3, 0.4) is 0 Å². The molecule has 2 aromatic carbocycles. The number of carbonyl (C=O) groups is 2. The number of hydrogen-bond donors (Lipinski definition) is 1. The second-order valence-electron chi connectivity index (χ2n) is 6.31. The van der Waals surface area contributed by atoms with Gasteiger partial charge in [-0.1, -0.05) is 25.5 Å². The van der Waals surface area contributed by atoms with E-state index >= 15 is 0 Å². The first-order valence-electron chi connectivity index (χ1n) is 9.15. The maximum Gasteiger partial charge on any atom is 0.338 e. The van der Waals surface area contributed by atoms with Gasteiger partial charge in [-0.2, -0.15) is 5.10 Å². The number of nitrogens with one attached hydrogen (secondary N) is 1. The number of nitrogens with zero attached hydrogens (tertiary/aromatic N) is 3. The molecule has 144 valence electrons. The number of carbonyl (C=O) groups excluding carboxylic acids is 2. The lowest BCUT2D eigenvalue weighted by molar-refractivity contribution is 0.0499. The zero-order valence-electron chi connectivity index (χ0n) is 15.7. The summed E-state index contributed by atoms with van der Waals surface area (Å²) >= 11 is 0. The third kappa shape index (κ3) is 5.26. The molecule has 0 spiro atoms. The number of esters is 1. The van der Waals surface area contributed by atoms with E-state index in [9.17, 15) is 9.59 Å². The highest BCUT2D eigenvalue weighted by Crippen LogP contribution is 2.13. The molecule has 3 aromatic rings. The summed E-state index contributed by atoms with van der Waals surface area (Å²) in [6, 6.07) is 14.0. The molecule has 0 saturated carbocycles. The minimum Gasteiger partial charge on any atom is -0.462 e. The molecule has 1 heterocycles. The topological polar surface area (TPSA) is 86.1 Å². The Morgan fingerprint density at radius 1 is 1.04 bits per heavy atom. The first-order valence-corrected chi connectivity index (χ1v) is 9.15. The maximum absolute atomic E-state index is 12.4. The molecule has 1 aromatic heterocycles. The molecule has 7 heteroatoms. The van der Waals surface area contributed by atoms with E-state index in [0.29, 0.717) is 30.0 Å². The van der Waals surface area contributed by atoms with E-state index < -0.39 is 0 Å². The first-order chi connectivity index (χ1) is 13.7. The van der Waals surface area contributed by atoms with Gasteiger partial charge in [0.25, 0.3) is 5.91 Å². The molecule has 0 atom stereocenters. The number of aromatic nitrogens is 3. The van der Waals surface area contributed by atoms with Crippen molar-refractivity contribution in [1.82, 2.24) is 14.8 Å². The van der Waals surface area contributed by atoms with Gasteiger partial charge in [-0.05, 0) is 48.4 Å². The van der Waals surface area contributed by atoms with Crippen LogP contribution in [-0.4, -0.2) is 33.2 Å². The predicted molar refractivity (Wildman–Crippen MR) is 105 cm³/mol. The molecule has 0 aliphatic heterocycles. The zero-order chi connectivity index (χ0) is 19.8. The molecule has 1 amide bonds. The van der Waals surface area contributed by atoms with E-state index in [1.54, 1.807) is 47.4 Å². The van der Waals surface area contributed by atoms with Gasteiger partial charge in [0.05, 0.1) is 18.7 Å². The summed E-state index contributed by atoms with van der Waals surface area (Å²) in [5, 5.41) is 6.88. The summed E-state index contributed by atoms with van der Waals surface area (Å²) in [4.78, 5) is 28.2. The number of rotatable bonds is 8.